The van der Waals surface area contributed by atoms with Crippen molar-refractivity contribution in [1.29, 1.82) is 0 Å². The predicted molar refractivity (Wildman–Crippen MR) is 74.0 cm³/mol. The third-order valence-corrected chi connectivity index (χ3v) is 3.00. The number of ketones is 1. The minimum atomic E-state index is -0.134. The Morgan fingerprint density at radius 2 is 2.26 bits per heavy atom. The topological polar surface area (TPSA) is 44.1 Å². The molecule has 2 aromatic rings. The highest BCUT2D eigenvalue weighted by atomic mass is 35.5. The van der Waals surface area contributed by atoms with Gasteiger partial charge in [0.15, 0.2) is 11.4 Å². The normalized spacial score (nSPS) is 10.5. The van der Waals surface area contributed by atoms with Crippen LogP contribution in [0.3, 0.4) is 0 Å². The van der Waals surface area contributed by atoms with Crippen LogP contribution < -0.4 is 4.74 Å². The Kier molecular flexibility index (Phi) is 4.22. The van der Waals surface area contributed by atoms with Gasteiger partial charge in [-0.2, -0.15) is 5.10 Å². The molecule has 0 unspecified atom stereocenters. The molecule has 0 spiro atoms. The van der Waals surface area contributed by atoms with Gasteiger partial charge in [0.05, 0.1) is 13.3 Å². The van der Waals surface area contributed by atoms with Crippen LogP contribution >= 0.6 is 11.6 Å². The predicted octanol–water partition coefficient (Wildman–Crippen LogP) is 3.19. The smallest absolute Gasteiger partial charge is 0.214 e. The molecule has 1 heterocycles. The van der Waals surface area contributed by atoms with Crippen molar-refractivity contribution in [3.63, 3.8) is 0 Å². The first kappa shape index (κ1) is 13.6. The maximum Gasteiger partial charge on any atom is 0.214 e. The Labute approximate surface area is 116 Å². The number of carbonyl (C=O) groups excluding carboxylic acids is 1. The second-order valence-electron chi connectivity index (χ2n) is 4.12. The summed E-state index contributed by atoms with van der Waals surface area (Å²) in [5, 5.41) is 4.72. The molecule has 4 nitrogen and oxygen atoms in total. The fourth-order valence-corrected chi connectivity index (χ4v) is 2.08. The van der Waals surface area contributed by atoms with Gasteiger partial charge >= 0.3 is 0 Å². The molecule has 0 aliphatic carbocycles. The summed E-state index contributed by atoms with van der Waals surface area (Å²) in [5.74, 6) is 0.351. The van der Waals surface area contributed by atoms with Crippen LogP contribution in [0.5, 0.6) is 5.75 Å². The number of aryl methyl sites for hydroxylation is 1. The molecule has 5 heteroatoms. The molecule has 0 saturated heterocycles. The number of ether oxygens (including phenoxy) is 1. The first-order valence-corrected chi connectivity index (χ1v) is 6.45. The lowest BCUT2D eigenvalue weighted by molar-refractivity contribution is 0.102. The fraction of sp³-hybridized carbons (Fsp3) is 0.286. The summed E-state index contributed by atoms with van der Waals surface area (Å²) in [6.07, 6.45) is 2.45. The summed E-state index contributed by atoms with van der Waals surface area (Å²) in [5.41, 5.74) is 0.996. The highest BCUT2D eigenvalue weighted by Gasteiger charge is 2.20. The monoisotopic (exact) mass is 278 g/mol. The van der Waals surface area contributed by atoms with Gasteiger partial charge in [-0.05, 0) is 18.6 Å². The molecular formula is C14H15ClN2O2. The van der Waals surface area contributed by atoms with Crippen LogP contribution in [0.1, 0.15) is 29.4 Å². The molecule has 0 radical (unpaired) electrons. The largest absolute Gasteiger partial charge is 0.493 e. The van der Waals surface area contributed by atoms with Gasteiger partial charge in [-0.15, -0.1) is 0 Å². The van der Waals surface area contributed by atoms with E-state index in [1.165, 1.54) is 7.11 Å². The molecule has 0 bridgehead atoms. The first-order valence-electron chi connectivity index (χ1n) is 6.07. The van der Waals surface area contributed by atoms with Gasteiger partial charge in [0.1, 0.15) is 0 Å². The summed E-state index contributed by atoms with van der Waals surface area (Å²) in [6.45, 7) is 2.70. The quantitative estimate of drug-likeness (QED) is 0.789. The Morgan fingerprint density at radius 3 is 2.89 bits per heavy atom. The van der Waals surface area contributed by atoms with Gasteiger partial charge in [0.25, 0.3) is 0 Å². The molecule has 0 fully saturated rings. The number of carbonyl (C=O) groups is 1. The van der Waals surface area contributed by atoms with Gasteiger partial charge in [-0.1, -0.05) is 30.7 Å². The van der Waals surface area contributed by atoms with E-state index in [9.17, 15) is 4.79 Å². The fourth-order valence-electron chi connectivity index (χ4n) is 1.89. The van der Waals surface area contributed by atoms with E-state index in [2.05, 4.69) is 5.10 Å². The molecule has 2 rings (SSSR count). The second-order valence-corrected chi connectivity index (χ2v) is 4.56. The number of methoxy groups -OCH3 is 1. The lowest BCUT2D eigenvalue weighted by Crippen LogP contribution is -2.12. The molecule has 0 amide bonds. The summed E-state index contributed by atoms with van der Waals surface area (Å²) < 4.78 is 6.88. The molecule has 0 aliphatic rings. The van der Waals surface area contributed by atoms with Crippen molar-refractivity contribution in [3.8, 4) is 5.75 Å². The van der Waals surface area contributed by atoms with Crippen LogP contribution in [-0.2, 0) is 6.54 Å². The third kappa shape index (κ3) is 2.79. The summed E-state index contributed by atoms with van der Waals surface area (Å²) in [4.78, 5) is 12.5. The number of benzene rings is 1. The zero-order valence-electron chi connectivity index (χ0n) is 10.9. The Hall–Kier alpha value is -1.81. The van der Waals surface area contributed by atoms with E-state index in [1.54, 1.807) is 35.1 Å². The van der Waals surface area contributed by atoms with Gasteiger partial charge in [0, 0.05) is 17.1 Å². The van der Waals surface area contributed by atoms with Gasteiger partial charge in [-0.25, -0.2) is 0 Å². The molecule has 0 aliphatic heterocycles. The number of hydrogen-bond donors (Lipinski definition) is 0. The number of aromatic nitrogens is 2. The zero-order chi connectivity index (χ0) is 13.8. The molecule has 100 valence electrons. The Bertz CT molecular complexity index is 593. The van der Waals surface area contributed by atoms with E-state index in [0.29, 0.717) is 28.6 Å². The number of hydrogen-bond acceptors (Lipinski definition) is 3. The van der Waals surface area contributed by atoms with E-state index in [1.807, 2.05) is 6.92 Å². The average molecular weight is 279 g/mol. The van der Waals surface area contributed by atoms with Crippen molar-refractivity contribution in [2.45, 2.75) is 19.9 Å². The van der Waals surface area contributed by atoms with Crippen molar-refractivity contribution in [2.75, 3.05) is 7.11 Å². The second kappa shape index (κ2) is 5.89. The maximum atomic E-state index is 12.5. The average Bonchev–Trinajstić information content (AvgIpc) is 2.81. The van der Waals surface area contributed by atoms with E-state index < -0.39 is 0 Å². The highest BCUT2D eigenvalue weighted by molar-refractivity contribution is 6.31. The molecule has 1 aromatic heterocycles. The minimum Gasteiger partial charge on any atom is -0.493 e. The van der Waals surface area contributed by atoms with Gasteiger partial charge < -0.3 is 4.74 Å². The van der Waals surface area contributed by atoms with Crippen molar-refractivity contribution < 1.29 is 9.53 Å². The van der Waals surface area contributed by atoms with Crippen LogP contribution in [0.2, 0.25) is 5.02 Å². The number of rotatable bonds is 5. The van der Waals surface area contributed by atoms with Crippen LogP contribution in [0.15, 0.2) is 30.5 Å². The van der Waals surface area contributed by atoms with Crippen molar-refractivity contribution in [1.82, 2.24) is 9.78 Å². The highest BCUT2D eigenvalue weighted by Crippen LogP contribution is 2.23. The molecular weight excluding hydrogens is 264 g/mol. The van der Waals surface area contributed by atoms with Crippen LogP contribution in [0, 0.1) is 0 Å². The van der Waals surface area contributed by atoms with Crippen LogP contribution in [0.25, 0.3) is 0 Å². The van der Waals surface area contributed by atoms with Crippen LogP contribution in [-0.4, -0.2) is 22.7 Å². The van der Waals surface area contributed by atoms with E-state index in [-0.39, 0.29) is 5.78 Å². The van der Waals surface area contributed by atoms with E-state index >= 15 is 0 Å². The summed E-state index contributed by atoms with van der Waals surface area (Å²) in [6, 6.07) is 6.87. The lowest BCUT2D eigenvalue weighted by atomic mass is 10.1. The maximum absolute atomic E-state index is 12.5. The third-order valence-electron chi connectivity index (χ3n) is 2.76. The van der Waals surface area contributed by atoms with Gasteiger partial charge in [-0.3, -0.25) is 9.48 Å². The van der Waals surface area contributed by atoms with E-state index in [0.717, 1.165) is 6.42 Å². The SMILES string of the molecule is CCCn1ncc(OC)c1C(=O)c1cccc(Cl)c1. The van der Waals surface area contributed by atoms with Crippen LogP contribution in [0.4, 0.5) is 0 Å². The Balaban J connectivity index is 2.45. The molecule has 0 atom stereocenters. The Morgan fingerprint density at radius 1 is 1.47 bits per heavy atom. The van der Waals surface area contributed by atoms with Crippen molar-refractivity contribution in [3.05, 3.63) is 46.7 Å². The van der Waals surface area contributed by atoms with Crippen molar-refractivity contribution >= 4 is 17.4 Å². The summed E-state index contributed by atoms with van der Waals surface area (Å²) >= 11 is 5.92. The first-order chi connectivity index (χ1) is 9.17. The van der Waals surface area contributed by atoms with E-state index in [4.69, 9.17) is 16.3 Å². The minimum absolute atomic E-state index is 0.134. The zero-order valence-corrected chi connectivity index (χ0v) is 11.6. The molecule has 0 N–H and O–H groups in total. The summed E-state index contributed by atoms with van der Waals surface area (Å²) in [7, 11) is 1.53. The standard InChI is InChI=1S/C14H15ClN2O2/c1-3-7-17-13(12(19-2)9-16-17)14(18)10-5-4-6-11(15)8-10/h4-6,8-9H,3,7H2,1-2H3. The number of nitrogens with zero attached hydrogens (tertiary/aromatic N) is 2. The molecule has 19 heavy (non-hydrogen) atoms. The van der Waals surface area contributed by atoms with Crippen molar-refractivity contribution in [2.24, 2.45) is 0 Å². The molecule has 1 aromatic carbocycles. The van der Waals surface area contributed by atoms with Gasteiger partial charge in [0.2, 0.25) is 5.78 Å². The number of halogens is 1. The molecule has 0 saturated carbocycles. The lowest BCUT2D eigenvalue weighted by Gasteiger charge is -2.07.